The third-order valence-corrected chi connectivity index (χ3v) is 5.54. The highest BCUT2D eigenvalue weighted by molar-refractivity contribution is 7.91. The molecule has 0 radical (unpaired) electrons. The van der Waals surface area contributed by atoms with Crippen molar-refractivity contribution >= 4 is 46.4 Å². The topological polar surface area (TPSA) is 44.6 Å². The lowest BCUT2D eigenvalue weighted by atomic mass is 9.96. The summed E-state index contributed by atoms with van der Waals surface area (Å²) in [7, 11) is 1.55. The number of rotatable bonds is 4. The van der Waals surface area contributed by atoms with Crippen molar-refractivity contribution in [1.82, 2.24) is 0 Å². The van der Waals surface area contributed by atoms with Gasteiger partial charge in [0.15, 0.2) is 5.05 Å². The molecule has 0 saturated carbocycles. The zero-order valence-electron chi connectivity index (χ0n) is 14.6. The molecule has 0 spiro atoms. The van der Waals surface area contributed by atoms with E-state index in [9.17, 15) is 4.55 Å². The highest BCUT2D eigenvalue weighted by Gasteiger charge is 2.26. The Labute approximate surface area is 162 Å². The summed E-state index contributed by atoms with van der Waals surface area (Å²) in [6.45, 7) is 5.63. The number of ether oxygens (including phenoxy) is 1. The fourth-order valence-corrected chi connectivity index (χ4v) is 3.09. The first-order valence-corrected chi connectivity index (χ1v) is 9.57. The van der Waals surface area contributed by atoms with Gasteiger partial charge in [0.1, 0.15) is 16.1 Å². The second-order valence-electron chi connectivity index (χ2n) is 6.33. The number of thiocarbonyl (C=S) groups is 1. The summed E-state index contributed by atoms with van der Waals surface area (Å²) < 4.78 is 21.2. The maximum Gasteiger partial charge on any atom is 0.191 e. The summed E-state index contributed by atoms with van der Waals surface area (Å²) >= 11 is 10.3. The molecule has 0 N–H and O–H groups in total. The van der Waals surface area contributed by atoms with Crippen LogP contribution in [0.15, 0.2) is 46.9 Å². The summed E-state index contributed by atoms with van der Waals surface area (Å²) in [5.41, 5.74) is 3.25. The average Bonchev–Trinajstić information content (AvgIpc) is 2.58. The minimum Gasteiger partial charge on any atom is -0.591 e. The Hall–Kier alpha value is -1.40. The molecular formula is C19H20ClNO2S2. The molecule has 6 heteroatoms. The van der Waals surface area contributed by atoms with Crippen LogP contribution < -0.4 is 0 Å². The van der Waals surface area contributed by atoms with Gasteiger partial charge in [-0.3, -0.25) is 0 Å². The highest BCUT2D eigenvalue weighted by atomic mass is 35.5. The van der Waals surface area contributed by atoms with Gasteiger partial charge in [0.25, 0.3) is 0 Å². The lowest BCUT2D eigenvalue weighted by molar-refractivity contribution is 0.416. The largest absolute Gasteiger partial charge is 0.591 e. The number of halogens is 1. The molecule has 3 nitrogen and oxygen atoms in total. The van der Waals surface area contributed by atoms with E-state index in [4.69, 9.17) is 28.6 Å². The first-order chi connectivity index (χ1) is 11.8. The number of methoxy groups -OCH3 is 1. The van der Waals surface area contributed by atoms with Crippen LogP contribution in [0.3, 0.4) is 0 Å². The molecule has 2 aromatic rings. The second kappa shape index (κ2) is 8.32. The molecule has 1 unspecified atom stereocenters. The Morgan fingerprint density at radius 3 is 2.44 bits per heavy atom. The van der Waals surface area contributed by atoms with Gasteiger partial charge in [-0.2, -0.15) is 0 Å². The van der Waals surface area contributed by atoms with Crippen LogP contribution in [0, 0.1) is 0 Å². The van der Waals surface area contributed by atoms with Gasteiger partial charge in [-0.1, -0.05) is 46.3 Å². The van der Waals surface area contributed by atoms with Crippen LogP contribution in [0.4, 0.5) is 0 Å². The molecule has 1 atom stereocenters. The van der Waals surface area contributed by atoms with Crippen molar-refractivity contribution in [3.63, 3.8) is 0 Å². The fourth-order valence-electron chi connectivity index (χ4n) is 2.17. The summed E-state index contributed by atoms with van der Waals surface area (Å²) in [6, 6.07) is 13.3. The van der Waals surface area contributed by atoms with E-state index in [-0.39, 0.29) is 0 Å². The van der Waals surface area contributed by atoms with Gasteiger partial charge in [-0.25, -0.2) is 0 Å². The van der Waals surface area contributed by atoms with Crippen LogP contribution in [-0.2, 0) is 16.1 Å². The van der Waals surface area contributed by atoms with Gasteiger partial charge < -0.3 is 9.29 Å². The zero-order valence-corrected chi connectivity index (χ0v) is 17.0. The predicted octanol–water partition coefficient (Wildman–Crippen LogP) is 5.21. The molecule has 132 valence electrons. The monoisotopic (exact) mass is 393 g/mol. The molecule has 25 heavy (non-hydrogen) atoms. The normalized spacial score (nSPS) is 13.0. The van der Waals surface area contributed by atoms with Crippen LogP contribution in [-0.4, -0.2) is 27.7 Å². The molecule has 0 aliphatic rings. The SMILES string of the molecule is COC(=S)c1ccccc1-c1cccc(Cl)c1C=N[S+]([O-])C(C)(C)C. The van der Waals surface area contributed by atoms with Crippen molar-refractivity contribution in [3.8, 4) is 11.1 Å². The predicted molar refractivity (Wildman–Crippen MR) is 111 cm³/mol. The smallest absolute Gasteiger partial charge is 0.191 e. The van der Waals surface area contributed by atoms with Gasteiger partial charge in [0.05, 0.1) is 18.3 Å². The van der Waals surface area contributed by atoms with Crippen LogP contribution >= 0.6 is 23.8 Å². The lowest BCUT2D eigenvalue weighted by Crippen LogP contribution is -2.25. The van der Waals surface area contributed by atoms with E-state index < -0.39 is 16.1 Å². The average molecular weight is 394 g/mol. The minimum atomic E-state index is -1.37. The van der Waals surface area contributed by atoms with E-state index in [2.05, 4.69) is 4.40 Å². The van der Waals surface area contributed by atoms with Crippen LogP contribution in [0.1, 0.15) is 31.9 Å². The van der Waals surface area contributed by atoms with Gasteiger partial charge in [-0.15, -0.1) is 0 Å². The van der Waals surface area contributed by atoms with Gasteiger partial charge in [-0.05, 0) is 56.2 Å². The lowest BCUT2D eigenvalue weighted by Gasteiger charge is -2.18. The highest BCUT2D eigenvalue weighted by Crippen LogP contribution is 2.31. The van der Waals surface area contributed by atoms with E-state index >= 15 is 0 Å². The summed E-state index contributed by atoms with van der Waals surface area (Å²) in [5.74, 6) is 0. The number of benzene rings is 2. The Morgan fingerprint density at radius 2 is 1.80 bits per heavy atom. The van der Waals surface area contributed by atoms with Crippen molar-refractivity contribution in [3.05, 3.63) is 58.6 Å². The van der Waals surface area contributed by atoms with Crippen LogP contribution in [0.5, 0.6) is 0 Å². The van der Waals surface area contributed by atoms with E-state index in [0.29, 0.717) is 15.6 Å². The van der Waals surface area contributed by atoms with Crippen LogP contribution in [0.25, 0.3) is 11.1 Å². The van der Waals surface area contributed by atoms with Gasteiger partial charge >= 0.3 is 0 Å². The number of hydrogen-bond donors (Lipinski definition) is 0. The van der Waals surface area contributed by atoms with Crippen molar-refractivity contribution < 1.29 is 9.29 Å². The Morgan fingerprint density at radius 1 is 1.16 bits per heavy atom. The van der Waals surface area contributed by atoms with Gasteiger partial charge in [0, 0.05) is 11.1 Å². The maximum atomic E-state index is 12.2. The van der Waals surface area contributed by atoms with Crippen LogP contribution in [0.2, 0.25) is 5.02 Å². The van der Waals surface area contributed by atoms with E-state index in [1.807, 2.05) is 57.2 Å². The van der Waals surface area contributed by atoms with E-state index in [0.717, 1.165) is 16.7 Å². The summed E-state index contributed by atoms with van der Waals surface area (Å²) in [5, 5.41) is 0.932. The minimum absolute atomic E-state index is 0.400. The Bertz CT molecular complexity index is 800. The molecule has 0 aliphatic heterocycles. The van der Waals surface area contributed by atoms with E-state index in [1.165, 1.54) is 0 Å². The summed E-state index contributed by atoms with van der Waals surface area (Å²) in [6.07, 6.45) is 1.58. The third-order valence-electron chi connectivity index (χ3n) is 3.48. The van der Waals surface area contributed by atoms with Crippen molar-refractivity contribution in [2.75, 3.05) is 7.11 Å². The quantitative estimate of drug-likeness (QED) is 0.407. The molecule has 0 heterocycles. The number of hydrogen-bond acceptors (Lipinski definition) is 4. The molecule has 2 aromatic carbocycles. The fraction of sp³-hybridized carbons (Fsp3) is 0.263. The first-order valence-electron chi connectivity index (χ1n) is 7.68. The van der Waals surface area contributed by atoms with Crippen molar-refractivity contribution in [2.45, 2.75) is 25.5 Å². The van der Waals surface area contributed by atoms with Gasteiger partial charge in [0.2, 0.25) is 0 Å². The molecule has 2 rings (SSSR count). The Kier molecular flexibility index (Phi) is 6.63. The molecule has 0 aromatic heterocycles. The second-order valence-corrected chi connectivity index (χ2v) is 9.05. The summed E-state index contributed by atoms with van der Waals surface area (Å²) in [4.78, 5) is 0. The molecule has 0 saturated heterocycles. The molecule has 0 fully saturated rings. The standard InChI is InChI=1S/C19H20ClNO2S2/c1-19(2,3)25(22)21-12-16-14(10-7-11-17(16)20)13-8-5-6-9-15(13)18(24)23-4/h5-12H,1-4H3. The molecule has 0 bridgehead atoms. The molecule has 0 amide bonds. The molecule has 0 aliphatic carbocycles. The first kappa shape index (κ1) is 19.9. The molecular weight excluding hydrogens is 374 g/mol. The maximum absolute atomic E-state index is 12.2. The van der Waals surface area contributed by atoms with Crippen molar-refractivity contribution in [2.24, 2.45) is 4.40 Å². The third kappa shape index (κ3) is 4.82. The van der Waals surface area contributed by atoms with E-state index in [1.54, 1.807) is 19.4 Å². The number of nitrogens with zero attached hydrogens (tertiary/aromatic N) is 1. The van der Waals surface area contributed by atoms with Crippen molar-refractivity contribution in [1.29, 1.82) is 0 Å². The Balaban J connectivity index is 2.57. The zero-order chi connectivity index (χ0) is 18.6.